The van der Waals surface area contributed by atoms with Gasteiger partial charge in [0.15, 0.2) is 0 Å². The minimum Gasteiger partial charge on any atom is -0.494 e. The highest BCUT2D eigenvalue weighted by Gasteiger charge is 2.31. The molecule has 0 radical (unpaired) electrons. The molecule has 2 aliphatic rings. The van der Waals surface area contributed by atoms with Crippen LogP contribution in [0.15, 0.2) is 24.3 Å². The first kappa shape index (κ1) is 21.7. The van der Waals surface area contributed by atoms with E-state index in [4.69, 9.17) is 4.74 Å². The summed E-state index contributed by atoms with van der Waals surface area (Å²) in [6.07, 6.45) is 19.9. The van der Waals surface area contributed by atoms with Gasteiger partial charge in [0.2, 0.25) is 0 Å². The summed E-state index contributed by atoms with van der Waals surface area (Å²) in [6, 6.07) is 9.04. The maximum Gasteiger partial charge on any atom is 0.119 e. The van der Waals surface area contributed by atoms with Crippen LogP contribution in [0.5, 0.6) is 5.75 Å². The summed E-state index contributed by atoms with van der Waals surface area (Å²) in [6.45, 7) is 5.38. The van der Waals surface area contributed by atoms with Crippen LogP contribution in [0.25, 0.3) is 0 Å². The molecule has 0 spiro atoms. The van der Waals surface area contributed by atoms with Gasteiger partial charge in [-0.2, -0.15) is 0 Å². The molecular weight excluding hydrogens is 340 g/mol. The molecule has 0 atom stereocenters. The van der Waals surface area contributed by atoms with E-state index >= 15 is 0 Å². The lowest BCUT2D eigenvalue weighted by molar-refractivity contribution is 0.155. The van der Waals surface area contributed by atoms with E-state index in [1.54, 1.807) is 5.56 Å². The highest BCUT2D eigenvalue weighted by atomic mass is 16.5. The summed E-state index contributed by atoms with van der Waals surface area (Å²) >= 11 is 0. The van der Waals surface area contributed by atoms with Gasteiger partial charge in [-0.1, -0.05) is 70.9 Å². The molecule has 0 bridgehead atoms. The van der Waals surface area contributed by atoms with Crippen molar-refractivity contribution in [2.45, 2.75) is 110 Å². The fourth-order valence-corrected chi connectivity index (χ4v) is 5.73. The van der Waals surface area contributed by atoms with E-state index in [0.29, 0.717) is 0 Å². The number of ether oxygens (including phenoxy) is 1. The first-order valence-electron chi connectivity index (χ1n) is 12.5. The highest BCUT2D eigenvalue weighted by Crippen LogP contribution is 2.44. The Kier molecular flexibility index (Phi) is 9.22. The van der Waals surface area contributed by atoms with Gasteiger partial charge in [0, 0.05) is 0 Å². The molecule has 0 aromatic heterocycles. The molecule has 0 heterocycles. The van der Waals surface area contributed by atoms with Crippen LogP contribution in [0, 0.1) is 17.8 Å². The summed E-state index contributed by atoms with van der Waals surface area (Å²) in [5, 5.41) is 0. The zero-order chi connectivity index (χ0) is 19.6. The second kappa shape index (κ2) is 11.9. The van der Waals surface area contributed by atoms with Crippen LogP contribution in [0.3, 0.4) is 0 Å². The maximum absolute atomic E-state index is 5.82. The Hall–Kier alpha value is -0.980. The van der Waals surface area contributed by atoms with Crippen LogP contribution in [-0.2, 0) is 0 Å². The first-order chi connectivity index (χ1) is 13.8. The molecule has 1 aromatic carbocycles. The minimum atomic E-state index is 0.784. The van der Waals surface area contributed by atoms with Gasteiger partial charge in [0.05, 0.1) is 6.61 Å². The third-order valence-electron chi connectivity index (χ3n) is 7.66. The Morgan fingerprint density at radius 2 is 1.32 bits per heavy atom. The largest absolute Gasteiger partial charge is 0.494 e. The van der Waals surface area contributed by atoms with Gasteiger partial charge < -0.3 is 4.74 Å². The van der Waals surface area contributed by atoms with Crippen molar-refractivity contribution < 1.29 is 4.74 Å². The predicted octanol–water partition coefficient (Wildman–Crippen LogP) is 8.53. The average Bonchev–Trinajstić information content (AvgIpc) is 2.75. The van der Waals surface area contributed by atoms with Crippen molar-refractivity contribution >= 4 is 0 Å². The maximum atomic E-state index is 5.82. The van der Waals surface area contributed by atoms with Crippen molar-refractivity contribution in [3.8, 4) is 5.75 Å². The van der Waals surface area contributed by atoms with Crippen LogP contribution in [0.2, 0.25) is 0 Å². The standard InChI is InChI=1S/C27H44O/c1-3-5-7-8-22-9-11-23(12-10-22)24-13-15-25(16-14-24)26-17-19-27(20-18-26)28-21-6-4-2/h17-20,22-25H,3-16,21H2,1-2H3/t22-,23-,24-,25-. The molecule has 2 fully saturated rings. The molecule has 0 saturated heterocycles. The summed E-state index contributed by atoms with van der Waals surface area (Å²) < 4.78 is 5.82. The van der Waals surface area contributed by atoms with E-state index in [1.807, 2.05) is 0 Å². The fraction of sp³-hybridized carbons (Fsp3) is 0.778. The molecule has 2 saturated carbocycles. The van der Waals surface area contributed by atoms with Crippen molar-refractivity contribution in [3.63, 3.8) is 0 Å². The van der Waals surface area contributed by atoms with Crippen molar-refractivity contribution in [1.82, 2.24) is 0 Å². The van der Waals surface area contributed by atoms with E-state index in [0.717, 1.165) is 42.4 Å². The quantitative estimate of drug-likeness (QED) is 0.367. The van der Waals surface area contributed by atoms with E-state index in [-0.39, 0.29) is 0 Å². The Labute approximate surface area is 174 Å². The number of rotatable bonds is 10. The molecule has 28 heavy (non-hydrogen) atoms. The number of unbranched alkanes of at least 4 members (excludes halogenated alkanes) is 3. The third-order valence-corrected chi connectivity index (χ3v) is 7.66. The number of benzene rings is 1. The lowest BCUT2D eigenvalue weighted by Gasteiger charge is -2.38. The SMILES string of the molecule is CCCCC[C@H]1CC[C@H]([C@H]2CC[C@H](c3ccc(OCCCC)cc3)CC2)CC1. The highest BCUT2D eigenvalue weighted by molar-refractivity contribution is 5.29. The van der Waals surface area contributed by atoms with Crippen LogP contribution in [0.4, 0.5) is 0 Å². The van der Waals surface area contributed by atoms with Gasteiger partial charge in [-0.05, 0) is 86.3 Å². The van der Waals surface area contributed by atoms with Gasteiger partial charge in [-0.15, -0.1) is 0 Å². The number of hydrogen-bond donors (Lipinski definition) is 0. The molecule has 2 aliphatic carbocycles. The minimum absolute atomic E-state index is 0.784. The molecule has 0 amide bonds. The monoisotopic (exact) mass is 384 g/mol. The normalized spacial score (nSPS) is 28.2. The molecule has 158 valence electrons. The lowest BCUT2D eigenvalue weighted by atomic mass is 9.68. The van der Waals surface area contributed by atoms with E-state index in [9.17, 15) is 0 Å². The second-order valence-electron chi connectivity index (χ2n) is 9.66. The van der Waals surface area contributed by atoms with Crippen LogP contribution < -0.4 is 4.74 Å². The Bertz CT molecular complexity index is 518. The molecule has 3 rings (SSSR count). The zero-order valence-corrected chi connectivity index (χ0v) is 18.6. The lowest BCUT2D eigenvalue weighted by Crippen LogP contribution is -2.25. The van der Waals surface area contributed by atoms with Crippen molar-refractivity contribution in [3.05, 3.63) is 29.8 Å². The van der Waals surface area contributed by atoms with E-state index in [2.05, 4.69) is 38.1 Å². The van der Waals surface area contributed by atoms with Gasteiger partial charge in [-0.3, -0.25) is 0 Å². The van der Waals surface area contributed by atoms with Gasteiger partial charge in [0.25, 0.3) is 0 Å². The topological polar surface area (TPSA) is 9.23 Å². The molecule has 1 aromatic rings. The third kappa shape index (κ3) is 6.53. The summed E-state index contributed by atoms with van der Waals surface area (Å²) in [7, 11) is 0. The van der Waals surface area contributed by atoms with Crippen LogP contribution in [0.1, 0.15) is 115 Å². The summed E-state index contributed by atoms with van der Waals surface area (Å²) in [5.74, 6) is 4.94. The smallest absolute Gasteiger partial charge is 0.119 e. The van der Waals surface area contributed by atoms with Crippen molar-refractivity contribution in [2.75, 3.05) is 6.61 Å². The second-order valence-corrected chi connectivity index (χ2v) is 9.66. The van der Waals surface area contributed by atoms with Crippen LogP contribution >= 0.6 is 0 Å². The molecular formula is C27H44O. The van der Waals surface area contributed by atoms with E-state index < -0.39 is 0 Å². The molecule has 0 unspecified atom stereocenters. The number of hydrogen-bond acceptors (Lipinski definition) is 1. The Morgan fingerprint density at radius 1 is 0.714 bits per heavy atom. The molecule has 1 heteroatoms. The van der Waals surface area contributed by atoms with Crippen LogP contribution in [-0.4, -0.2) is 6.61 Å². The molecule has 0 aliphatic heterocycles. The van der Waals surface area contributed by atoms with Crippen molar-refractivity contribution in [2.24, 2.45) is 17.8 Å². The molecule has 0 N–H and O–H groups in total. The zero-order valence-electron chi connectivity index (χ0n) is 18.6. The Balaban J connectivity index is 1.38. The van der Waals surface area contributed by atoms with Gasteiger partial charge in [0.1, 0.15) is 5.75 Å². The Morgan fingerprint density at radius 3 is 1.93 bits per heavy atom. The fourth-order valence-electron chi connectivity index (χ4n) is 5.73. The average molecular weight is 385 g/mol. The summed E-state index contributed by atoms with van der Waals surface area (Å²) in [5.41, 5.74) is 1.54. The molecule has 1 nitrogen and oxygen atoms in total. The van der Waals surface area contributed by atoms with Crippen molar-refractivity contribution in [1.29, 1.82) is 0 Å². The summed E-state index contributed by atoms with van der Waals surface area (Å²) in [4.78, 5) is 0. The van der Waals surface area contributed by atoms with E-state index in [1.165, 1.54) is 83.5 Å². The van der Waals surface area contributed by atoms with Gasteiger partial charge >= 0.3 is 0 Å². The predicted molar refractivity (Wildman–Crippen MR) is 121 cm³/mol. The van der Waals surface area contributed by atoms with Gasteiger partial charge in [-0.25, -0.2) is 0 Å². The first-order valence-corrected chi connectivity index (χ1v) is 12.5.